The average Bonchev–Trinajstić information content (AvgIpc) is 2.16. The Labute approximate surface area is 95.2 Å². The zero-order valence-corrected chi connectivity index (χ0v) is 8.95. The molecule has 1 unspecified atom stereocenters. The van der Waals surface area contributed by atoms with Crippen molar-refractivity contribution < 1.29 is 17.6 Å². The predicted octanol–water partition coefficient (Wildman–Crippen LogP) is 3.72. The van der Waals surface area contributed by atoms with Gasteiger partial charge in [0.25, 0.3) is 0 Å². The summed E-state index contributed by atoms with van der Waals surface area (Å²) in [6.45, 7) is 0.0745. The minimum atomic E-state index is -4.57. The van der Waals surface area contributed by atoms with Crippen LogP contribution in [0.15, 0.2) is 18.2 Å². The van der Waals surface area contributed by atoms with Gasteiger partial charge in [0.1, 0.15) is 6.17 Å². The SMILES string of the molecule is NCCC(F)c1ccc(Cl)c(C(F)(F)F)c1. The average molecular weight is 256 g/mol. The van der Waals surface area contributed by atoms with E-state index in [0.29, 0.717) is 0 Å². The molecule has 1 rings (SSSR count). The Bertz CT molecular complexity index is 364. The van der Waals surface area contributed by atoms with E-state index in [9.17, 15) is 17.6 Å². The van der Waals surface area contributed by atoms with Crippen molar-refractivity contribution >= 4 is 11.6 Å². The fourth-order valence-electron chi connectivity index (χ4n) is 1.27. The normalized spacial score (nSPS) is 13.9. The Morgan fingerprint density at radius 2 is 1.94 bits per heavy atom. The summed E-state index contributed by atoms with van der Waals surface area (Å²) in [5, 5.41) is -0.434. The van der Waals surface area contributed by atoms with Crippen LogP contribution < -0.4 is 5.73 Å². The second-order valence-corrected chi connectivity index (χ2v) is 3.69. The molecule has 0 heterocycles. The molecule has 0 saturated heterocycles. The van der Waals surface area contributed by atoms with E-state index in [0.717, 1.165) is 12.1 Å². The maximum absolute atomic E-state index is 13.3. The van der Waals surface area contributed by atoms with Crippen LogP contribution in [0, 0.1) is 0 Å². The molecule has 0 radical (unpaired) electrons. The van der Waals surface area contributed by atoms with Gasteiger partial charge in [0, 0.05) is 0 Å². The highest BCUT2D eigenvalue weighted by Gasteiger charge is 2.33. The lowest BCUT2D eigenvalue weighted by atomic mass is 10.0. The quantitative estimate of drug-likeness (QED) is 0.819. The monoisotopic (exact) mass is 255 g/mol. The highest BCUT2D eigenvalue weighted by Crippen LogP contribution is 2.36. The second kappa shape index (κ2) is 5.01. The summed E-state index contributed by atoms with van der Waals surface area (Å²) < 4.78 is 50.7. The van der Waals surface area contributed by atoms with Crippen LogP contribution in [0.25, 0.3) is 0 Å². The van der Waals surface area contributed by atoms with Crippen LogP contribution in [0.1, 0.15) is 23.7 Å². The Kier molecular flexibility index (Phi) is 4.15. The first-order valence-electron chi connectivity index (χ1n) is 4.57. The molecule has 0 aliphatic rings. The largest absolute Gasteiger partial charge is 0.417 e. The molecular weight excluding hydrogens is 246 g/mol. The summed E-state index contributed by atoms with van der Waals surface area (Å²) in [4.78, 5) is 0. The number of nitrogens with two attached hydrogens (primary N) is 1. The summed E-state index contributed by atoms with van der Waals surface area (Å²) in [5.41, 5.74) is 4.06. The lowest BCUT2D eigenvalue weighted by molar-refractivity contribution is -0.137. The van der Waals surface area contributed by atoms with E-state index in [1.807, 2.05) is 0 Å². The topological polar surface area (TPSA) is 26.0 Å². The van der Waals surface area contributed by atoms with Gasteiger partial charge >= 0.3 is 6.18 Å². The first-order valence-corrected chi connectivity index (χ1v) is 4.95. The van der Waals surface area contributed by atoms with E-state index < -0.39 is 22.9 Å². The van der Waals surface area contributed by atoms with Gasteiger partial charge in [-0.15, -0.1) is 0 Å². The molecule has 1 aromatic rings. The lowest BCUT2D eigenvalue weighted by Crippen LogP contribution is -2.08. The molecule has 0 aliphatic heterocycles. The molecule has 0 saturated carbocycles. The van der Waals surface area contributed by atoms with Crippen LogP contribution >= 0.6 is 11.6 Å². The molecule has 0 aliphatic carbocycles. The summed E-state index contributed by atoms with van der Waals surface area (Å²) in [7, 11) is 0. The highest BCUT2D eigenvalue weighted by atomic mass is 35.5. The van der Waals surface area contributed by atoms with E-state index in [4.69, 9.17) is 17.3 Å². The molecule has 0 amide bonds. The zero-order valence-electron chi connectivity index (χ0n) is 8.19. The zero-order chi connectivity index (χ0) is 12.3. The van der Waals surface area contributed by atoms with E-state index >= 15 is 0 Å². The molecular formula is C10H10ClF4N. The van der Waals surface area contributed by atoms with Crippen molar-refractivity contribution in [1.29, 1.82) is 0 Å². The number of benzene rings is 1. The van der Waals surface area contributed by atoms with E-state index in [-0.39, 0.29) is 18.5 Å². The summed E-state index contributed by atoms with van der Waals surface area (Å²) in [6.07, 6.45) is -6.09. The third-order valence-electron chi connectivity index (χ3n) is 2.08. The number of rotatable bonds is 3. The summed E-state index contributed by atoms with van der Waals surface area (Å²) >= 11 is 5.40. The van der Waals surface area contributed by atoms with Crippen molar-refractivity contribution in [3.8, 4) is 0 Å². The van der Waals surface area contributed by atoms with Crippen LogP contribution in [-0.2, 0) is 6.18 Å². The van der Waals surface area contributed by atoms with Gasteiger partial charge in [0.15, 0.2) is 0 Å². The molecule has 6 heteroatoms. The van der Waals surface area contributed by atoms with Crippen molar-refractivity contribution in [3.05, 3.63) is 34.3 Å². The number of halogens is 5. The predicted molar refractivity (Wildman–Crippen MR) is 54.0 cm³/mol. The molecule has 16 heavy (non-hydrogen) atoms. The molecule has 1 atom stereocenters. The van der Waals surface area contributed by atoms with Gasteiger partial charge in [0.2, 0.25) is 0 Å². The molecule has 0 bridgehead atoms. The van der Waals surface area contributed by atoms with Gasteiger partial charge in [-0.3, -0.25) is 0 Å². The molecule has 1 aromatic carbocycles. The number of hydrogen-bond acceptors (Lipinski definition) is 1. The smallest absolute Gasteiger partial charge is 0.330 e. The first kappa shape index (κ1) is 13.3. The fraction of sp³-hybridized carbons (Fsp3) is 0.400. The highest BCUT2D eigenvalue weighted by molar-refractivity contribution is 6.31. The third kappa shape index (κ3) is 3.09. The van der Waals surface area contributed by atoms with Gasteiger partial charge in [-0.25, -0.2) is 4.39 Å². The third-order valence-corrected chi connectivity index (χ3v) is 2.41. The van der Waals surface area contributed by atoms with Crippen LogP contribution in [0.2, 0.25) is 5.02 Å². The Hall–Kier alpha value is -0.810. The lowest BCUT2D eigenvalue weighted by Gasteiger charge is -2.12. The van der Waals surface area contributed by atoms with Gasteiger partial charge in [-0.1, -0.05) is 17.7 Å². The number of alkyl halides is 4. The molecule has 1 nitrogen and oxygen atoms in total. The Balaban J connectivity index is 3.07. The minimum absolute atomic E-state index is 0.0150. The molecule has 0 fully saturated rings. The van der Waals surface area contributed by atoms with Gasteiger partial charge < -0.3 is 5.73 Å². The fourth-order valence-corrected chi connectivity index (χ4v) is 1.49. The van der Waals surface area contributed by atoms with E-state index in [2.05, 4.69) is 0 Å². The Morgan fingerprint density at radius 1 is 1.31 bits per heavy atom. The molecule has 0 aromatic heterocycles. The second-order valence-electron chi connectivity index (χ2n) is 3.28. The van der Waals surface area contributed by atoms with Crippen molar-refractivity contribution in [2.24, 2.45) is 5.73 Å². The van der Waals surface area contributed by atoms with Crippen molar-refractivity contribution in [2.75, 3.05) is 6.54 Å². The molecule has 2 N–H and O–H groups in total. The Morgan fingerprint density at radius 3 is 2.44 bits per heavy atom. The van der Waals surface area contributed by atoms with Crippen LogP contribution in [0.5, 0.6) is 0 Å². The van der Waals surface area contributed by atoms with Gasteiger partial charge in [0.05, 0.1) is 10.6 Å². The summed E-state index contributed by atoms with van der Waals surface area (Å²) in [6, 6.07) is 3.00. The molecule has 0 spiro atoms. The number of hydrogen-bond donors (Lipinski definition) is 1. The first-order chi connectivity index (χ1) is 7.36. The standard InChI is InChI=1S/C10H10ClF4N/c11-8-2-1-6(9(12)3-4-16)5-7(8)10(13,14)15/h1-2,5,9H,3-4,16H2. The van der Waals surface area contributed by atoms with Crippen molar-refractivity contribution in [3.63, 3.8) is 0 Å². The van der Waals surface area contributed by atoms with Gasteiger partial charge in [-0.05, 0) is 30.7 Å². The van der Waals surface area contributed by atoms with E-state index in [1.54, 1.807) is 0 Å². The van der Waals surface area contributed by atoms with Crippen molar-refractivity contribution in [1.82, 2.24) is 0 Å². The minimum Gasteiger partial charge on any atom is -0.330 e. The summed E-state index contributed by atoms with van der Waals surface area (Å²) in [5.74, 6) is 0. The van der Waals surface area contributed by atoms with Crippen molar-refractivity contribution in [2.45, 2.75) is 18.8 Å². The van der Waals surface area contributed by atoms with Gasteiger partial charge in [-0.2, -0.15) is 13.2 Å². The van der Waals surface area contributed by atoms with E-state index in [1.165, 1.54) is 6.07 Å². The maximum atomic E-state index is 13.3. The van der Waals surface area contributed by atoms with Crippen LogP contribution in [0.3, 0.4) is 0 Å². The van der Waals surface area contributed by atoms with Crippen LogP contribution in [-0.4, -0.2) is 6.54 Å². The molecule has 90 valence electrons. The maximum Gasteiger partial charge on any atom is 0.417 e. The van der Waals surface area contributed by atoms with Crippen LogP contribution in [0.4, 0.5) is 17.6 Å².